The van der Waals surface area contributed by atoms with Gasteiger partial charge in [-0.05, 0) is 62.1 Å². The van der Waals surface area contributed by atoms with E-state index >= 15 is 0 Å². The van der Waals surface area contributed by atoms with Crippen LogP contribution in [-0.4, -0.2) is 32.9 Å². The Bertz CT molecular complexity index is 1160. The maximum absolute atomic E-state index is 13.8. The Morgan fingerprint density at radius 1 is 1.06 bits per heavy atom. The van der Waals surface area contributed by atoms with Crippen LogP contribution >= 0.6 is 0 Å². The number of hydrogen-bond acceptors (Lipinski definition) is 3. The second kappa shape index (κ2) is 8.58. The van der Waals surface area contributed by atoms with Crippen LogP contribution in [0.5, 0.6) is 0 Å². The van der Waals surface area contributed by atoms with Gasteiger partial charge in [0.15, 0.2) is 0 Å². The van der Waals surface area contributed by atoms with Crippen LogP contribution in [0.4, 0.5) is 0 Å². The van der Waals surface area contributed by atoms with Gasteiger partial charge in [0.25, 0.3) is 5.91 Å². The number of nitrogens with one attached hydrogen (secondary N) is 1. The molecule has 1 saturated carbocycles. The minimum absolute atomic E-state index is 0.0823. The van der Waals surface area contributed by atoms with E-state index in [2.05, 4.69) is 5.32 Å². The van der Waals surface area contributed by atoms with Crippen molar-refractivity contribution >= 4 is 11.8 Å². The number of rotatable bonds is 5. The van der Waals surface area contributed by atoms with E-state index in [-0.39, 0.29) is 17.9 Å². The predicted molar refractivity (Wildman–Crippen MR) is 127 cm³/mol. The lowest BCUT2D eigenvalue weighted by atomic mass is 9.90. The SMILES string of the molecule is Cc1ccccc1CN1C(=O)c2ccc(-c3ccco3)n2CC1(C)C(=O)NC1CCCCC1. The molecule has 0 bridgehead atoms. The number of hydrogen-bond donors (Lipinski definition) is 1. The lowest BCUT2D eigenvalue weighted by molar-refractivity contribution is -0.134. The van der Waals surface area contributed by atoms with Crippen molar-refractivity contribution in [2.24, 2.45) is 0 Å². The third-order valence-corrected chi connectivity index (χ3v) is 7.30. The third kappa shape index (κ3) is 3.88. The highest BCUT2D eigenvalue weighted by molar-refractivity contribution is 6.00. The fourth-order valence-electron chi connectivity index (χ4n) is 5.21. The lowest BCUT2D eigenvalue weighted by Crippen LogP contribution is -2.64. The number of aryl methyl sites for hydroxylation is 1. The molecule has 1 fully saturated rings. The molecular weight excluding hydrogens is 414 g/mol. The van der Waals surface area contributed by atoms with Crippen molar-refractivity contribution in [2.75, 3.05) is 0 Å². The molecule has 6 heteroatoms. The second-order valence-corrected chi connectivity index (χ2v) is 9.57. The molecular formula is C27H31N3O3. The zero-order valence-corrected chi connectivity index (χ0v) is 19.3. The molecule has 0 saturated heterocycles. The molecule has 5 rings (SSSR count). The molecule has 6 nitrogen and oxygen atoms in total. The molecule has 0 spiro atoms. The maximum Gasteiger partial charge on any atom is 0.271 e. The van der Waals surface area contributed by atoms with Gasteiger partial charge in [-0.3, -0.25) is 9.59 Å². The minimum Gasteiger partial charge on any atom is -0.463 e. The van der Waals surface area contributed by atoms with E-state index in [9.17, 15) is 9.59 Å². The highest BCUT2D eigenvalue weighted by Crippen LogP contribution is 2.35. The molecule has 1 aliphatic heterocycles. The van der Waals surface area contributed by atoms with Gasteiger partial charge in [-0.1, -0.05) is 43.5 Å². The normalized spacial score (nSPS) is 21.2. The number of furan rings is 1. The van der Waals surface area contributed by atoms with Crippen molar-refractivity contribution in [2.45, 2.75) is 70.6 Å². The summed E-state index contributed by atoms with van der Waals surface area (Å²) in [6.07, 6.45) is 7.12. The van der Waals surface area contributed by atoms with Gasteiger partial charge >= 0.3 is 0 Å². The second-order valence-electron chi connectivity index (χ2n) is 9.57. The van der Waals surface area contributed by atoms with Crippen molar-refractivity contribution in [1.82, 2.24) is 14.8 Å². The number of nitrogens with zero attached hydrogens (tertiary/aromatic N) is 2. The molecule has 2 aromatic heterocycles. The van der Waals surface area contributed by atoms with Gasteiger partial charge in [-0.15, -0.1) is 0 Å². The van der Waals surface area contributed by atoms with Crippen LogP contribution in [0.1, 0.15) is 60.6 Å². The molecule has 172 valence electrons. The Balaban J connectivity index is 1.54. The van der Waals surface area contributed by atoms with Gasteiger partial charge < -0.3 is 19.2 Å². The smallest absolute Gasteiger partial charge is 0.271 e. The van der Waals surface area contributed by atoms with Gasteiger partial charge in [0.05, 0.1) is 18.5 Å². The van der Waals surface area contributed by atoms with Crippen molar-refractivity contribution in [3.8, 4) is 11.5 Å². The Labute approximate surface area is 194 Å². The number of fused-ring (bicyclic) bond motifs is 1. The monoisotopic (exact) mass is 445 g/mol. The van der Waals surface area contributed by atoms with Crippen LogP contribution in [-0.2, 0) is 17.9 Å². The molecule has 1 N–H and O–H groups in total. The van der Waals surface area contributed by atoms with Gasteiger partial charge in [-0.2, -0.15) is 0 Å². The number of benzene rings is 1. The number of carbonyl (C=O) groups is 2. The number of carbonyl (C=O) groups excluding carboxylic acids is 2. The van der Waals surface area contributed by atoms with E-state index in [1.54, 1.807) is 11.2 Å². The first kappa shape index (κ1) is 21.6. The van der Waals surface area contributed by atoms with Gasteiger partial charge in [0, 0.05) is 12.6 Å². The standard InChI is InChI=1S/C27H31N3O3/c1-19-9-6-7-10-20(19)17-30-25(31)23-15-14-22(24-13-8-16-33-24)29(23)18-27(30,2)26(32)28-21-11-4-3-5-12-21/h6-10,13-16,21H,3-5,11-12,17-18H2,1-2H3,(H,28,32). The van der Waals surface area contributed by atoms with Crippen LogP contribution in [0.3, 0.4) is 0 Å². The Kier molecular flexibility index (Phi) is 5.60. The Hall–Kier alpha value is -3.28. The first-order valence-corrected chi connectivity index (χ1v) is 11.9. The van der Waals surface area contributed by atoms with Gasteiger partial charge in [0.1, 0.15) is 17.0 Å². The van der Waals surface area contributed by atoms with Crippen LogP contribution < -0.4 is 5.32 Å². The lowest BCUT2D eigenvalue weighted by Gasteiger charge is -2.45. The zero-order chi connectivity index (χ0) is 23.0. The molecule has 1 aromatic carbocycles. The number of amides is 2. The summed E-state index contributed by atoms with van der Waals surface area (Å²) < 4.78 is 7.56. The van der Waals surface area contributed by atoms with E-state index in [0.717, 1.165) is 42.5 Å². The Morgan fingerprint density at radius 3 is 2.55 bits per heavy atom. The maximum atomic E-state index is 13.8. The molecule has 2 amide bonds. The summed E-state index contributed by atoms with van der Waals surface area (Å²) in [5.41, 5.74) is 2.53. The van der Waals surface area contributed by atoms with E-state index in [4.69, 9.17) is 4.42 Å². The zero-order valence-electron chi connectivity index (χ0n) is 19.3. The average molecular weight is 446 g/mol. The summed E-state index contributed by atoms with van der Waals surface area (Å²) in [4.78, 5) is 29.4. The average Bonchev–Trinajstić information content (AvgIpc) is 3.48. The summed E-state index contributed by atoms with van der Waals surface area (Å²) in [6.45, 7) is 4.71. The fourth-order valence-corrected chi connectivity index (χ4v) is 5.21. The molecule has 3 heterocycles. The summed E-state index contributed by atoms with van der Waals surface area (Å²) >= 11 is 0. The molecule has 1 unspecified atom stereocenters. The Morgan fingerprint density at radius 2 is 1.82 bits per heavy atom. The largest absolute Gasteiger partial charge is 0.463 e. The molecule has 3 aromatic rings. The van der Waals surface area contributed by atoms with E-state index < -0.39 is 5.54 Å². The van der Waals surface area contributed by atoms with Crippen LogP contribution in [0, 0.1) is 6.92 Å². The molecule has 2 aliphatic rings. The highest BCUT2D eigenvalue weighted by Gasteiger charge is 2.48. The molecule has 33 heavy (non-hydrogen) atoms. The predicted octanol–water partition coefficient (Wildman–Crippen LogP) is 4.92. The first-order chi connectivity index (χ1) is 16.0. The van der Waals surface area contributed by atoms with Crippen molar-refractivity contribution in [3.63, 3.8) is 0 Å². The quantitative estimate of drug-likeness (QED) is 0.606. The first-order valence-electron chi connectivity index (χ1n) is 11.9. The van der Waals surface area contributed by atoms with Crippen molar-refractivity contribution < 1.29 is 14.0 Å². The molecule has 1 aliphatic carbocycles. The molecule has 1 atom stereocenters. The summed E-state index contributed by atoms with van der Waals surface area (Å²) in [5.74, 6) is 0.473. The minimum atomic E-state index is -1.02. The van der Waals surface area contributed by atoms with Crippen LogP contribution in [0.15, 0.2) is 59.2 Å². The summed E-state index contributed by atoms with van der Waals surface area (Å²) in [5, 5.41) is 3.29. The van der Waals surface area contributed by atoms with Crippen molar-refractivity contribution in [1.29, 1.82) is 0 Å². The van der Waals surface area contributed by atoms with Crippen LogP contribution in [0.2, 0.25) is 0 Å². The fraction of sp³-hybridized carbons (Fsp3) is 0.407. The molecule has 0 radical (unpaired) electrons. The highest BCUT2D eigenvalue weighted by atomic mass is 16.3. The van der Waals surface area contributed by atoms with Gasteiger partial charge in [0.2, 0.25) is 5.91 Å². The number of aromatic nitrogens is 1. The van der Waals surface area contributed by atoms with Crippen molar-refractivity contribution in [3.05, 3.63) is 71.6 Å². The van der Waals surface area contributed by atoms with Gasteiger partial charge in [-0.25, -0.2) is 0 Å². The van der Waals surface area contributed by atoms with E-state index in [0.29, 0.717) is 24.5 Å². The van der Waals surface area contributed by atoms with E-state index in [1.165, 1.54) is 6.42 Å². The summed E-state index contributed by atoms with van der Waals surface area (Å²) in [7, 11) is 0. The topological polar surface area (TPSA) is 67.5 Å². The summed E-state index contributed by atoms with van der Waals surface area (Å²) in [6, 6.07) is 15.7. The van der Waals surface area contributed by atoms with Crippen LogP contribution in [0.25, 0.3) is 11.5 Å². The third-order valence-electron chi connectivity index (χ3n) is 7.30. The van der Waals surface area contributed by atoms with E-state index in [1.807, 2.05) is 66.9 Å².